The Bertz CT molecular complexity index is 643. The summed E-state index contributed by atoms with van der Waals surface area (Å²) in [6.07, 6.45) is 3.41. The number of hydrogen-bond acceptors (Lipinski definition) is 1. The SMILES string of the molecule is C[C@](O)(C#C/C=C\c1ccc(F)cc1)c1ccccc1. The Kier molecular flexibility index (Phi) is 4.34. The smallest absolute Gasteiger partial charge is 0.148 e. The molecule has 0 bridgehead atoms. The lowest BCUT2D eigenvalue weighted by Crippen LogP contribution is -2.17. The highest BCUT2D eigenvalue weighted by molar-refractivity contribution is 5.52. The standard InChI is InChI=1S/C18H15FO/c1-18(20,16-8-3-2-4-9-16)14-6-5-7-15-10-12-17(19)13-11-15/h2-5,7-13,20H,1H3/b7-5-/t18-/m0/s1. The number of hydrogen-bond donors (Lipinski definition) is 1. The first-order valence-electron chi connectivity index (χ1n) is 6.31. The van der Waals surface area contributed by atoms with E-state index in [1.165, 1.54) is 12.1 Å². The van der Waals surface area contributed by atoms with Gasteiger partial charge in [0.1, 0.15) is 11.4 Å². The molecular formula is C18H15FO. The molecule has 0 spiro atoms. The van der Waals surface area contributed by atoms with Crippen LogP contribution >= 0.6 is 0 Å². The molecule has 0 saturated carbocycles. The van der Waals surface area contributed by atoms with Crippen molar-refractivity contribution in [1.82, 2.24) is 0 Å². The number of halogens is 1. The lowest BCUT2D eigenvalue weighted by atomic mass is 9.97. The highest BCUT2D eigenvalue weighted by Gasteiger charge is 2.18. The summed E-state index contributed by atoms with van der Waals surface area (Å²) < 4.78 is 12.7. The van der Waals surface area contributed by atoms with Gasteiger partial charge in [0.05, 0.1) is 0 Å². The number of allylic oxidation sites excluding steroid dienone is 1. The van der Waals surface area contributed by atoms with Crippen molar-refractivity contribution in [2.24, 2.45) is 0 Å². The molecule has 0 aliphatic heterocycles. The third kappa shape index (κ3) is 3.81. The molecule has 0 aromatic heterocycles. The van der Waals surface area contributed by atoms with Gasteiger partial charge in [-0.25, -0.2) is 4.39 Å². The molecule has 1 nitrogen and oxygen atoms in total. The fourth-order valence-electron chi connectivity index (χ4n) is 1.73. The Labute approximate surface area is 118 Å². The predicted octanol–water partition coefficient (Wildman–Crippen LogP) is 3.75. The summed E-state index contributed by atoms with van der Waals surface area (Å²) in [4.78, 5) is 0. The van der Waals surface area contributed by atoms with Gasteiger partial charge >= 0.3 is 0 Å². The van der Waals surface area contributed by atoms with Crippen molar-refractivity contribution in [3.05, 3.63) is 77.6 Å². The minimum Gasteiger partial charge on any atom is -0.374 e. The molecule has 2 aromatic rings. The van der Waals surface area contributed by atoms with Crippen molar-refractivity contribution in [3.63, 3.8) is 0 Å². The zero-order valence-corrected chi connectivity index (χ0v) is 11.2. The first-order valence-corrected chi connectivity index (χ1v) is 6.31. The van der Waals surface area contributed by atoms with Crippen LogP contribution in [-0.4, -0.2) is 5.11 Å². The minimum absolute atomic E-state index is 0.264. The Hall–Kier alpha value is -2.37. The third-order valence-corrected chi connectivity index (χ3v) is 2.88. The van der Waals surface area contributed by atoms with Gasteiger partial charge in [0.2, 0.25) is 0 Å². The van der Waals surface area contributed by atoms with E-state index >= 15 is 0 Å². The Morgan fingerprint density at radius 2 is 1.70 bits per heavy atom. The van der Waals surface area contributed by atoms with Crippen LogP contribution in [0.3, 0.4) is 0 Å². The van der Waals surface area contributed by atoms with Crippen LogP contribution in [-0.2, 0) is 5.60 Å². The molecule has 0 fully saturated rings. The fourth-order valence-corrected chi connectivity index (χ4v) is 1.73. The van der Waals surface area contributed by atoms with Crippen molar-refractivity contribution >= 4 is 6.08 Å². The van der Waals surface area contributed by atoms with E-state index in [0.29, 0.717) is 0 Å². The summed E-state index contributed by atoms with van der Waals surface area (Å²) in [6.45, 7) is 1.65. The van der Waals surface area contributed by atoms with Crippen LogP contribution in [0.5, 0.6) is 0 Å². The van der Waals surface area contributed by atoms with Crippen molar-refractivity contribution in [2.45, 2.75) is 12.5 Å². The normalized spacial score (nSPS) is 13.6. The molecule has 2 rings (SSSR count). The Balaban J connectivity index is 2.09. The van der Waals surface area contributed by atoms with E-state index in [1.807, 2.05) is 30.3 Å². The van der Waals surface area contributed by atoms with Gasteiger partial charge in [0.25, 0.3) is 0 Å². The van der Waals surface area contributed by atoms with Crippen molar-refractivity contribution in [2.75, 3.05) is 0 Å². The molecule has 0 amide bonds. The highest BCUT2D eigenvalue weighted by Crippen LogP contribution is 2.18. The molecule has 0 radical (unpaired) electrons. The minimum atomic E-state index is -1.19. The van der Waals surface area contributed by atoms with Crippen LogP contribution < -0.4 is 0 Å². The lowest BCUT2D eigenvalue weighted by molar-refractivity contribution is 0.122. The van der Waals surface area contributed by atoms with Crippen LogP contribution in [0.4, 0.5) is 4.39 Å². The second-order valence-electron chi connectivity index (χ2n) is 4.59. The van der Waals surface area contributed by atoms with Crippen LogP contribution in [0.2, 0.25) is 0 Å². The van der Waals surface area contributed by atoms with Crippen LogP contribution in [0.15, 0.2) is 60.7 Å². The molecule has 1 N–H and O–H groups in total. The first-order chi connectivity index (χ1) is 9.58. The van der Waals surface area contributed by atoms with Gasteiger partial charge < -0.3 is 5.11 Å². The van der Waals surface area contributed by atoms with Gasteiger partial charge in [0.15, 0.2) is 0 Å². The van der Waals surface area contributed by atoms with Gasteiger partial charge in [-0.15, -0.1) is 0 Å². The third-order valence-electron chi connectivity index (χ3n) is 2.88. The highest BCUT2D eigenvalue weighted by atomic mass is 19.1. The van der Waals surface area contributed by atoms with E-state index in [-0.39, 0.29) is 5.82 Å². The molecule has 0 unspecified atom stereocenters. The molecular weight excluding hydrogens is 251 g/mol. The molecule has 0 saturated heterocycles. The number of benzene rings is 2. The zero-order valence-electron chi connectivity index (χ0n) is 11.2. The fraction of sp³-hybridized carbons (Fsp3) is 0.111. The quantitative estimate of drug-likeness (QED) is 0.821. The molecule has 0 heterocycles. The van der Waals surface area contributed by atoms with Crippen LogP contribution in [0.1, 0.15) is 18.1 Å². The summed E-state index contributed by atoms with van der Waals surface area (Å²) in [5.74, 6) is 5.35. The molecule has 20 heavy (non-hydrogen) atoms. The van der Waals surface area contributed by atoms with Crippen LogP contribution in [0, 0.1) is 17.7 Å². The monoisotopic (exact) mass is 266 g/mol. The van der Waals surface area contributed by atoms with E-state index in [1.54, 1.807) is 31.2 Å². The van der Waals surface area contributed by atoms with Gasteiger partial charge in [0, 0.05) is 0 Å². The Morgan fingerprint density at radius 1 is 1.05 bits per heavy atom. The van der Waals surface area contributed by atoms with Gasteiger partial charge in [-0.3, -0.25) is 0 Å². The predicted molar refractivity (Wildman–Crippen MR) is 79.2 cm³/mol. The van der Waals surface area contributed by atoms with Crippen molar-refractivity contribution < 1.29 is 9.50 Å². The maximum atomic E-state index is 12.7. The van der Waals surface area contributed by atoms with E-state index in [2.05, 4.69) is 11.8 Å². The average molecular weight is 266 g/mol. The maximum absolute atomic E-state index is 12.7. The van der Waals surface area contributed by atoms with Crippen LogP contribution in [0.25, 0.3) is 6.08 Å². The van der Waals surface area contributed by atoms with E-state index in [9.17, 15) is 9.50 Å². The van der Waals surface area contributed by atoms with Crippen molar-refractivity contribution in [1.29, 1.82) is 0 Å². The first kappa shape index (κ1) is 14.0. The van der Waals surface area contributed by atoms with E-state index < -0.39 is 5.60 Å². The van der Waals surface area contributed by atoms with Gasteiger partial charge in [-0.2, -0.15) is 0 Å². The summed E-state index contributed by atoms with van der Waals surface area (Å²) in [7, 11) is 0. The molecule has 2 heteroatoms. The zero-order chi connectivity index (χ0) is 14.4. The summed E-state index contributed by atoms with van der Waals surface area (Å²) in [5.41, 5.74) is 0.428. The largest absolute Gasteiger partial charge is 0.374 e. The molecule has 0 aliphatic carbocycles. The van der Waals surface area contributed by atoms with Gasteiger partial charge in [-0.05, 0) is 42.3 Å². The van der Waals surface area contributed by atoms with Gasteiger partial charge in [-0.1, -0.05) is 54.3 Å². The van der Waals surface area contributed by atoms with E-state index in [4.69, 9.17) is 0 Å². The molecule has 100 valence electrons. The average Bonchev–Trinajstić information content (AvgIpc) is 2.46. The lowest BCUT2D eigenvalue weighted by Gasteiger charge is -2.16. The number of rotatable bonds is 2. The summed E-state index contributed by atoms with van der Waals surface area (Å²) in [5, 5.41) is 10.3. The van der Waals surface area contributed by atoms with Crippen molar-refractivity contribution in [3.8, 4) is 11.8 Å². The second kappa shape index (κ2) is 6.18. The topological polar surface area (TPSA) is 20.2 Å². The molecule has 1 atom stereocenters. The summed E-state index contributed by atoms with van der Waals surface area (Å²) in [6, 6.07) is 15.4. The molecule has 0 aliphatic rings. The maximum Gasteiger partial charge on any atom is 0.148 e. The number of aliphatic hydroxyl groups is 1. The van der Waals surface area contributed by atoms with E-state index in [0.717, 1.165) is 11.1 Å². The Morgan fingerprint density at radius 3 is 2.35 bits per heavy atom. The summed E-state index contributed by atoms with van der Waals surface area (Å²) >= 11 is 0. The second-order valence-corrected chi connectivity index (χ2v) is 4.59. The molecule has 2 aromatic carbocycles.